The van der Waals surface area contributed by atoms with Crippen LogP contribution in [0.1, 0.15) is 15.9 Å². The van der Waals surface area contributed by atoms with Gasteiger partial charge in [0.05, 0.1) is 12.1 Å². The zero-order chi connectivity index (χ0) is 14.5. The van der Waals surface area contributed by atoms with Gasteiger partial charge in [0.2, 0.25) is 5.69 Å². The standard InChI is InChI=1S/C15H7FN2O2/c1-18-14-4-3-12(7-13(14)16)20-15-5-2-10(9-19)6-11(15)8-17/h2-7,9H. The van der Waals surface area contributed by atoms with Gasteiger partial charge in [0.1, 0.15) is 29.7 Å². The summed E-state index contributed by atoms with van der Waals surface area (Å²) in [4.78, 5) is 13.6. The van der Waals surface area contributed by atoms with Crippen molar-refractivity contribution in [1.82, 2.24) is 0 Å². The number of rotatable bonds is 3. The van der Waals surface area contributed by atoms with Crippen LogP contribution < -0.4 is 4.74 Å². The van der Waals surface area contributed by atoms with Gasteiger partial charge in [-0.3, -0.25) is 4.79 Å². The number of nitrogens with zero attached hydrogens (tertiary/aromatic N) is 2. The van der Waals surface area contributed by atoms with Crippen LogP contribution in [0.3, 0.4) is 0 Å². The lowest BCUT2D eigenvalue weighted by Crippen LogP contribution is -1.91. The molecule has 4 nitrogen and oxygen atoms in total. The van der Waals surface area contributed by atoms with Crippen LogP contribution in [0.2, 0.25) is 0 Å². The molecule has 20 heavy (non-hydrogen) atoms. The van der Waals surface area contributed by atoms with E-state index in [9.17, 15) is 9.18 Å². The smallest absolute Gasteiger partial charge is 0.222 e. The van der Waals surface area contributed by atoms with Crippen LogP contribution in [0.25, 0.3) is 4.85 Å². The Balaban J connectivity index is 2.35. The molecule has 0 aliphatic heterocycles. The van der Waals surface area contributed by atoms with Crippen LogP contribution in [0.15, 0.2) is 36.4 Å². The quantitative estimate of drug-likeness (QED) is 0.626. The molecule has 2 aromatic rings. The fraction of sp³-hybridized carbons (Fsp3) is 0. The fourth-order valence-corrected chi connectivity index (χ4v) is 1.57. The van der Waals surface area contributed by atoms with E-state index in [-0.39, 0.29) is 22.7 Å². The Morgan fingerprint density at radius 3 is 2.70 bits per heavy atom. The summed E-state index contributed by atoms with van der Waals surface area (Å²) in [6.45, 7) is 6.75. The summed E-state index contributed by atoms with van der Waals surface area (Å²) in [5, 5.41) is 8.99. The van der Waals surface area contributed by atoms with E-state index in [1.54, 1.807) is 0 Å². The topological polar surface area (TPSA) is 54.5 Å². The first kappa shape index (κ1) is 13.3. The van der Waals surface area contributed by atoms with Crippen molar-refractivity contribution >= 4 is 12.0 Å². The highest BCUT2D eigenvalue weighted by Crippen LogP contribution is 2.29. The first-order chi connectivity index (χ1) is 9.67. The minimum atomic E-state index is -0.694. The highest BCUT2D eigenvalue weighted by Gasteiger charge is 2.08. The average molecular weight is 266 g/mol. The molecule has 0 bridgehead atoms. The lowest BCUT2D eigenvalue weighted by atomic mass is 10.1. The number of ether oxygens (including phenoxy) is 1. The van der Waals surface area contributed by atoms with Crippen LogP contribution in [0, 0.1) is 23.7 Å². The Morgan fingerprint density at radius 1 is 1.30 bits per heavy atom. The first-order valence-electron chi connectivity index (χ1n) is 5.52. The number of carbonyl (C=O) groups is 1. The van der Waals surface area contributed by atoms with Crippen LogP contribution in [0.4, 0.5) is 10.1 Å². The third-order valence-corrected chi connectivity index (χ3v) is 2.53. The third kappa shape index (κ3) is 2.63. The Morgan fingerprint density at radius 2 is 2.10 bits per heavy atom. The lowest BCUT2D eigenvalue weighted by molar-refractivity contribution is 0.112. The van der Waals surface area contributed by atoms with E-state index in [2.05, 4.69) is 4.85 Å². The molecule has 0 aliphatic carbocycles. The van der Waals surface area contributed by atoms with Crippen molar-refractivity contribution in [2.45, 2.75) is 0 Å². The van der Waals surface area contributed by atoms with E-state index in [1.807, 2.05) is 6.07 Å². The molecule has 0 atom stereocenters. The Labute approximate surface area is 114 Å². The van der Waals surface area contributed by atoms with Gasteiger partial charge in [-0.15, -0.1) is 0 Å². The van der Waals surface area contributed by atoms with Gasteiger partial charge in [-0.2, -0.15) is 5.26 Å². The van der Waals surface area contributed by atoms with Gasteiger partial charge in [-0.1, -0.05) is 0 Å². The SMILES string of the molecule is [C-]#[N+]c1ccc(Oc2ccc(C=O)cc2C#N)cc1F. The predicted molar refractivity (Wildman–Crippen MR) is 69.3 cm³/mol. The third-order valence-electron chi connectivity index (χ3n) is 2.53. The number of benzene rings is 2. The molecule has 5 heteroatoms. The normalized spacial score (nSPS) is 9.35. The summed E-state index contributed by atoms with van der Waals surface area (Å²) in [5.74, 6) is -0.307. The summed E-state index contributed by atoms with van der Waals surface area (Å²) in [6, 6.07) is 10.0. The highest BCUT2D eigenvalue weighted by molar-refractivity contribution is 5.76. The monoisotopic (exact) mass is 266 g/mol. The van der Waals surface area contributed by atoms with Crippen molar-refractivity contribution in [2.24, 2.45) is 0 Å². The molecule has 0 radical (unpaired) electrons. The molecule has 0 aromatic heterocycles. The Hall–Kier alpha value is -3.18. The van der Waals surface area contributed by atoms with Crippen molar-refractivity contribution in [3.05, 3.63) is 64.8 Å². The second-order valence-electron chi connectivity index (χ2n) is 3.81. The maximum atomic E-state index is 13.4. The average Bonchev–Trinajstić information content (AvgIpc) is 2.48. The van der Waals surface area contributed by atoms with Gasteiger partial charge in [-0.05, 0) is 30.3 Å². The second-order valence-corrected chi connectivity index (χ2v) is 3.81. The van der Waals surface area contributed by atoms with Gasteiger partial charge in [0, 0.05) is 11.6 Å². The van der Waals surface area contributed by atoms with Crippen LogP contribution >= 0.6 is 0 Å². The number of nitriles is 1. The minimum Gasteiger partial charge on any atom is -0.456 e. The molecule has 0 saturated heterocycles. The zero-order valence-electron chi connectivity index (χ0n) is 10.1. The van der Waals surface area contributed by atoms with E-state index in [4.69, 9.17) is 16.6 Å². The molecule has 2 rings (SSSR count). The first-order valence-corrected chi connectivity index (χ1v) is 5.52. The molecule has 0 spiro atoms. The van der Waals surface area contributed by atoms with E-state index < -0.39 is 5.82 Å². The van der Waals surface area contributed by atoms with Crippen molar-refractivity contribution in [3.63, 3.8) is 0 Å². The van der Waals surface area contributed by atoms with Crippen molar-refractivity contribution < 1.29 is 13.9 Å². The van der Waals surface area contributed by atoms with E-state index in [1.165, 1.54) is 30.3 Å². The van der Waals surface area contributed by atoms with Gasteiger partial charge in [0.25, 0.3) is 0 Å². The molecule has 0 fully saturated rings. The summed E-state index contributed by atoms with van der Waals surface area (Å²) in [6.07, 6.45) is 0.620. The number of aldehydes is 1. The fourth-order valence-electron chi connectivity index (χ4n) is 1.57. The lowest BCUT2D eigenvalue weighted by Gasteiger charge is -2.08. The van der Waals surface area contributed by atoms with Crippen LogP contribution in [-0.4, -0.2) is 6.29 Å². The maximum absolute atomic E-state index is 13.4. The molecule has 0 unspecified atom stereocenters. The second kappa shape index (κ2) is 5.64. The van der Waals surface area contributed by atoms with E-state index in [0.717, 1.165) is 6.07 Å². The van der Waals surface area contributed by atoms with Crippen LogP contribution in [0.5, 0.6) is 11.5 Å². The minimum absolute atomic E-state index is 0.103. The summed E-state index contributed by atoms with van der Waals surface area (Å²) < 4.78 is 18.8. The van der Waals surface area contributed by atoms with Gasteiger partial charge < -0.3 is 4.74 Å². The Kier molecular flexibility index (Phi) is 3.74. The van der Waals surface area contributed by atoms with Gasteiger partial charge in [0.15, 0.2) is 0 Å². The van der Waals surface area contributed by atoms with Crippen molar-refractivity contribution in [1.29, 1.82) is 5.26 Å². The van der Waals surface area contributed by atoms with E-state index in [0.29, 0.717) is 11.8 Å². The molecule has 0 saturated carbocycles. The molecular weight excluding hydrogens is 259 g/mol. The van der Waals surface area contributed by atoms with Gasteiger partial charge >= 0.3 is 0 Å². The zero-order valence-corrected chi connectivity index (χ0v) is 10.1. The predicted octanol–water partition coefficient (Wildman–Crippen LogP) is 3.85. The summed E-state index contributed by atoms with van der Waals surface area (Å²) in [5.41, 5.74) is 0.418. The highest BCUT2D eigenvalue weighted by atomic mass is 19.1. The summed E-state index contributed by atoms with van der Waals surface area (Å²) in [7, 11) is 0. The maximum Gasteiger partial charge on any atom is 0.222 e. The van der Waals surface area contributed by atoms with Crippen LogP contribution in [-0.2, 0) is 0 Å². The number of hydrogen-bond donors (Lipinski definition) is 0. The largest absolute Gasteiger partial charge is 0.456 e. The molecule has 0 N–H and O–H groups in total. The molecule has 0 aliphatic rings. The van der Waals surface area contributed by atoms with Crippen molar-refractivity contribution in [2.75, 3.05) is 0 Å². The Bertz CT molecular complexity index is 757. The van der Waals surface area contributed by atoms with Crippen molar-refractivity contribution in [3.8, 4) is 17.6 Å². The molecule has 2 aromatic carbocycles. The molecule has 96 valence electrons. The summed E-state index contributed by atoms with van der Waals surface area (Å²) >= 11 is 0. The number of carbonyl (C=O) groups excluding carboxylic acids is 1. The number of halogens is 1. The van der Waals surface area contributed by atoms with E-state index >= 15 is 0 Å². The molecule has 0 amide bonds. The molecular formula is C15H7FN2O2. The molecule has 0 heterocycles. The number of hydrogen-bond acceptors (Lipinski definition) is 3. The van der Waals surface area contributed by atoms with Gasteiger partial charge in [-0.25, -0.2) is 9.24 Å².